The number of phenols is 3. The summed E-state index contributed by atoms with van der Waals surface area (Å²) in [6.45, 7) is -0.417. The Hall–Kier alpha value is -3.25. The molecule has 3 rings (SSSR count). The molecule has 0 aliphatic heterocycles. The number of carbonyl (C=O) groups excluding carboxylic acids is 1. The van der Waals surface area contributed by atoms with Gasteiger partial charge in [-0.05, 0) is 41.3 Å². The van der Waals surface area contributed by atoms with Crippen molar-refractivity contribution in [3.8, 4) is 17.2 Å². The van der Waals surface area contributed by atoms with Crippen LogP contribution in [-0.2, 0) is 18.0 Å². The SMILES string of the molecule is O=C(OCc1ccc2ccc(O)c(O)c2c1)c1ccc(O)c(CO)c1. The third kappa shape index (κ3) is 3.34. The average Bonchev–Trinajstić information content (AvgIpc) is 2.63. The number of aliphatic hydroxyl groups is 1. The first kappa shape index (κ1) is 16.6. The van der Waals surface area contributed by atoms with Gasteiger partial charge in [-0.15, -0.1) is 0 Å². The molecule has 0 spiro atoms. The molecule has 0 heterocycles. The zero-order valence-electron chi connectivity index (χ0n) is 13.1. The molecule has 0 fully saturated rings. The van der Waals surface area contributed by atoms with Gasteiger partial charge in [-0.3, -0.25) is 0 Å². The van der Waals surface area contributed by atoms with Crippen molar-refractivity contribution in [2.24, 2.45) is 0 Å². The Morgan fingerprint density at radius 1 is 0.920 bits per heavy atom. The first-order valence-electron chi connectivity index (χ1n) is 7.53. The Bertz CT molecular complexity index is 948. The van der Waals surface area contributed by atoms with Gasteiger partial charge in [0.1, 0.15) is 12.4 Å². The Kier molecular flexibility index (Phi) is 4.45. The second-order valence-corrected chi connectivity index (χ2v) is 5.57. The smallest absolute Gasteiger partial charge is 0.338 e. The summed E-state index contributed by atoms with van der Waals surface area (Å²) in [4.78, 5) is 12.1. The minimum Gasteiger partial charge on any atom is -0.508 e. The molecule has 0 saturated heterocycles. The predicted octanol–water partition coefficient (Wildman–Crippen LogP) is 2.81. The fraction of sp³-hybridized carbons (Fsp3) is 0.105. The number of rotatable bonds is 4. The number of ether oxygens (including phenoxy) is 1. The van der Waals surface area contributed by atoms with Gasteiger partial charge in [0.05, 0.1) is 12.2 Å². The lowest BCUT2D eigenvalue weighted by Gasteiger charge is -2.09. The van der Waals surface area contributed by atoms with Crippen LogP contribution in [0.5, 0.6) is 17.2 Å². The topological polar surface area (TPSA) is 107 Å². The quantitative estimate of drug-likeness (QED) is 0.430. The fourth-order valence-corrected chi connectivity index (χ4v) is 2.50. The number of fused-ring (bicyclic) bond motifs is 1. The highest BCUT2D eigenvalue weighted by molar-refractivity contribution is 5.91. The van der Waals surface area contributed by atoms with E-state index in [1.54, 1.807) is 24.3 Å². The molecule has 25 heavy (non-hydrogen) atoms. The Balaban J connectivity index is 1.78. The van der Waals surface area contributed by atoms with Crippen LogP contribution < -0.4 is 0 Å². The minimum absolute atomic E-state index is 0.0286. The molecule has 6 nitrogen and oxygen atoms in total. The number of carbonyl (C=O) groups is 1. The average molecular weight is 340 g/mol. The summed E-state index contributed by atoms with van der Waals surface area (Å²) in [6, 6.07) is 12.3. The molecule has 0 bridgehead atoms. The van der Waals surface area contributed by atoms with Crippen LogP contribution in [0.25, 0.3) is 10.8 Å². The number of aromatic hydroxyl groups is 3. The number of benzene rings is 3. The van der Waals surface area contributed by atoms with Crippen LogP contribution >= 0.6 is 0 Å². The van der Waals surface area contributed by atoms with Crippen LogP contribution in [-0.4, -0.2) is 26.4 Å². The summed E-state index contributed by atoms with van der Waals surface area (Å²) in [6.07, 6.45) is 0. The molecule has 0 aliphatic rings. The first-order chi connectivity index (χ1) is 12.0. The third-order valence-corrected chi connectivity index (χ3v) is 3.89. The molecule has 4 N–H and O–H groups in total. The Morgan fingerprint density at radius 3 is 2.40 bits per heavy atom. The van der Waals surface area contributed by atoms with E-state index in [1.165, 1.54) is 24.3 Å². The maximum atomic E-state index is 12.1. The molecule has 3 aromatic rings. The zero-order valence-corrected chi connectivity index (χ0v) is 13.1. The van der Waals surface area contributed by atoms with Gasteiger partial charge >= 0.3 is 5.97 Å². The van der Waals surface area contributed by atoms with Gasteiger partial charge in [-0.1, -0.05) is 18.2 Å². The van der Waals surface area contributed by atoms with Crippen molar-refractivity contribution in [2.45, 2.75) is 13.2 Å². The van der Waals surface area contributed by atoms with Crippen LogP contribution in [0, 0.1) is 0 Å². The molecule has 0 aliphatic carbocycles. The molecular formula is C19H16O6. The molecule has 0 radical (unpaired) electrons. The second-order valence-electron chi connectivity index (χ2n) is 5.57. The van der Waals surface area contributed by atoms with Crippen molar-refractivity contribution >= 4 is 16.7 Å². The minimum atomic E-state index is -0.602. The van der Waals surface area contributed by atoms with Crippen molar-refractivity contribution in [3.63, 3.8) is 0 Å². The molecule has 3 aromatic carbocycles. The zero-order chi connectivity index (χ0) is 18.0. The monoisotopic (exact) mass is 340 g/mol. The standard InChI is InChI=1S/C19H16O6/c20-9-14-8-13(4-5-16(14)21)19(24)25-10-11-1-2-12-3-6-17(22)18(23)15(12)7-11/h1-8,20-23H,9-10H2. The Labute approximate surface area is 143 Å². The molecular weight excluding hydrogens is 324 g/mol. The molecule has 0 unspecified atom stereocenters. The molecule has 128 valence electrons. The number of hydrogen-bond acceptors (Lipinski definition) is 6. The largest absolute Gasteiger partial charge is 0.508 e. The molecule has 0 amide bonds. The lowest BCUT2D eigenvalue weighted by molar-refractivity contribution is 0.0472. The van der Waals surface area contributed by atoms with Gasteiger partial charge in [-0.2, -0.15) is 0 Å². The van der Waals surface area contributed by atoms with E-state index in [4.69, 9.17) is 9.84 Å². The number of aliphatic hydroxyl groups excluding tert-OH is 1. The van der Waals surface area contributed by atoms with Gasteiger partial charge in [-0.25, -0.2) is 4.79 Å². The highest BCUT2D eigenvalue weighted by Gasteiger charge is 2.12. The van der Waals surface area contributed by atoms with Gasteiger partial charge in [0.2, 0.25) is 0 Å². The van der Waals surface area contributed by atoms with Crippen LogP contribution in [0.2, 0.25) is 0 Å². The lowest BCUT2D eigenvalue weighted by Crippen LogP contribution is -2.06. The molecule has 0 aromatic heterocycles. The van der Waals surface area contributed by atoms with Crippen LogP contribution in [0.4, 0.5) is 0 Å². The summed E-state index contributed by atoms with van der Waals surface area (Å²) >= 11 is 0. The number of phenolic OH excluding ortho intramolecular Hbond substituents is 2. The molecule has 0 atom stereocenters. The van der Waals surface area contributed by atoms with Crippen LogP contribution in [0.1, 0.15) is 21.5 Å². The highest BCUT2D eigenvalue weighted by atomic mass is 16.5. The second kappa shape index (κ2) is 6.70. The summed E-state index contributed by atoms with van der Waals surface area (Å²) in [7, 11) is 0. The highest BCUT2D eigenvalue weighted by Crippen LogP contribution is 2.34. The molecule has 0 saturated carbocycles. The van der Waals surface area contributed by atoms with E-state index in [2.05, 4.69) is 0 Å². The van der Waals surface area contributed by atoms with Crippen LogP contribution in [0.3, 0.4) is 0 Å². The van der Waals surface area contributed by atoms with Crippen molar-refractivity contribution in [1.82, 2.24) is 0 Å². The predicted molar refractivity (Wildman–Crippen MR) is 90.4 cm³/mol. The summed E-state index contributed by atoms with van der Waals surface area (Å²) in [5.74, 6) is -1.14. The van der Waals surface area contributed by atoms with Gasteiger partial charge in [0.25, 0.3) is 0 Å². The summed E-state index contributed by atoms with van der Waals surface area (Å²) in [5, 5.41) is 39.3. The van der Waals surface area contributed by atoms with E-state index in [0.717, 1.165) is 5.39 Å². The number of esters is 1. The molecule has 6 heteroatoms. The maximum absolute atomic E-state index is 12.1. The van der Waals surface area contributed by atoms with Crippen molar-refractivity contribution in [3.05, 3.63) is 65.2 Å². The first-order valence-corrected chi connectivity index (χ1v) is 7.53. The van der Waals surface area contributed by atoms with Crippen molar-refractivity contribution in [2.75, 3.05) is 0 Å². The van der Waals surface area contributed by atoms with Gasteiger partial charge < -0.3 is 25.2 Å². The fourth-order valence-electron chi connectivity index (χ4n) is 2.50. The maximum Gasteiger partial charge on any atom is 0.338 e. The van der Waals surface area contributed by atoms with Crippen LogP contribution in [0.15, 0.2) is 48.5 Å². The summed E-state index contributed by atoms with van der Waals surface area (Å²) in [5.41, 5.74) is 1.09. The van der Waals surface area contributed by atoms with E-state index in [1.807, 2.05) is 0 Å². The third-order valence-electron chi connectivity index (χ3n) is 3.89. The van der Waals surface area contributed by atoms with E-state index >= 15 is 0 Å². The van der Waals surface area contributed by atoms with Crippen molar-refractivity contribution in [1.29, 1.82) is 0 Å². The Morgan fingerprint density at radius 2 is 1.64 bits per heavy atom. The number of hydrogen-bond donors (Lipinski definition) is 4. The van der Waals surface area contributed by atoms with E-state index < -0.39 is 5.97 Å². The van der Waals surface area contributed by atoms with E-state index in [-0.39, 0.29) is 41.6 Å². The van der Waals surface area contributed by atoms with E-state index in [9.17, 15) is 20.1 Å². The van der Waals surface area contributed by atoms with Gasteiger partial charge in [0.15, 0.2) is 11.5 Å². The van der Waals surface area contributed by atoms with E-state index in [0.29, 0.717) is 10.9 Å². The van der Waals surface area contributed by atoms with Gasteiger partial charge in [0, 0.05) is 10.9 Å². The lowest BCUT2D eigenvalue weighted by atomic mass is 10.1. The summed E-state index contributed by atoms with van der Waals surface area (Å²) < 4.78 is 5.23. The normalized spacial score (nSPS) is 10.8. The van der Waals surface area contributed by atoms with Crippen molar-refractivity contribution < 1.29 is 30.0 Å².